The van der Waals surface area contributed by atoms with E-state index in [1.807, 2.05) is 0 Å². The van der Waals surface area contributed by atoms with Gasteiger partial charge in [-0.1, -0.05) is 0 Å². The molecule has 0 aliphatic heterocycles. The highest BCUT2D eigenvalue weighted by atomic mass is 19.1. The van der Waals surface area contributed by atoms with E-state index in [1.165, 1.54) is 25.3 Å². The second-order valence-electron chi connectivity index (χ2n) is 4.16. The predicted octanol–water partition coefficient (Wildman–Crippen LogP) is 1.88. The topological polar surface area (TPSA) is 76.4 Å². The maximum absolute atomic E-state index is 12.9. The Bertz CT molecular complexity index is 747. The summed E-state index contributed by atoms with van der Waals surface area (Å²) in [6.07, 6.45) is 1.24. The number of benzene rings is 1. The molecule has 102 valence electrons. The minimum atomic E-state index is -1.42. The van der Waals surface area contributed by atoms with E-state index in [9.17, 15) is 18.8 Å². The highest BCUT2D eigenvalue weighted by Crippen LogP contribution is 2.10. The Labute approximate surface area is 112 Å². The lowest BCUT2D eigenvalue weighted by atomic mass is 10.1. The monoisotopic (exact) mass is 275 g/mol. The van der Waals surface area contributed by atoms with Gasteiger partial charge in [-0.3, -0.25) is 14.2 Å². The van der Waals surface area contributed by atoms with Crippen molar-refractivity contribution in [3.63, 3.8) is 0 Å². The first-order chi connectivity index (χ1) is 9.40. The molecule has 6 heteroatoms. The summed E-state index contributed by atoms with van der Waals surface area (Å²) in [7, 11) is 0. The number of carbonyl (C=O) groups is 2. The minimum Gasteiger partial charge on any atom is -0.477 e. The molecule has 0 atom stereocenters. The predicted molar refractivity (Wildman–Crippen MR) is 69.0 cm³/mol. The molecule has 0 fully saturated rings. The van der Waals surface area contributed by atoms with Crippen molar-refractivity contribution in [1.29, 1.82) is 0 Å². The summed E-state index contributed by atoms with van der Waals surface area (Å²) < 4.78 is 13.9. The van der Waals surface area contributed by atoms with Crippen molar-refractivity contribution in [2.75, 3.05) is 0 Å². The number of rotatable bonds is 3. The molecule has 5 nitrogen and oxygen atoms in total. The average molecular weight is 275 g/mol. The molecule has 0 unspecified atom stereocenters. The van der Waals surface area contributed by atoms with Gasteiger partial charge in [0.2, 0.25) is 0 Å². The third kappa shape index (κ3) is 2.49. The maximum Gasteiger partial charge on any atom is 0.341 e. The highest BCUT2D eigenvalue weighted by molar-refractivity contribution is 5.97. The van der Waals surface area contributed by atoms with Crippen LogP contribution in [0.2, 0.25) is 0 Å². The van der Waals surface area contributed by atoms with Gasteiger partial charge in [0.25, 0.3) is 5.56 Å². The van der Waals surface area contributed by atoms with Crippen molar-refractivity contribution >= 4 is 11.8 Å². The fraction of sp³-hybridized carbons (Fsp3) is 0.0714. The van der Waals surface area contributed by atoms with E-state index in [1.54, 1.807) is 0 Å². The summed E-state index contributed by atoms with van der Waals surface area (Å²) in [6.45, 7) is 1.26. The van der Waals surface area contributed by atoms with Crippen LogP contribution in [0.25, 0.3) is 5.69 Å². The fourth-order valence-corrected chi connectivity index (χ4v) is 1.72. The second-order valence-corrected chi connectivity index (χ2v) is 4.16. The van der Waals surface area contributed by atoms with Crippen LogP contribution in [-0.2, 0) is 0 Å². The molecule has 0 bridgehead atoms. The van der Waals surface area contributed by atoms with Gasteiger partial charge in [-0.25, -0.2) is 9.18 Å². The van der Waals surface area contributed by atoms with Crippen molar-refractivity contribution in [2.45, 2.75) is 6.92 Å². The quantitative estimate of drug-likeness (QED) is 0.868. The fourth-order valence-electron chi connectivity index (χ4n) is 1.72. The van der Waals surface area contributed by atoms with Gasteiger partial charge in [0.1, 0.15) is 11.4 Å². The lowest BCUT2D eigenvalue weighted by Gasteiger charge is -2.09. The Morgan fingerprint density at radius 3 is 2.30 bits per heavy atom. The number of nitrogens with zero attached hydrogens (tertiary/aromatic N) is 1. The Kier molecular flexibility index (Phi) is 3.47. The molecule has 0 saturated heterocycles. The largest absolute Gasteiger partial charge is 0.477 e. The molecule has 0 radical (unpaired) electrons. The number of aromatic nitrogens is 1. The number of hydrogen-bond donors (Lipinski definition) is 1. The number of hydrogen-bond acceptors (Lipinski definition) is 3. The van der Waals surface area contributed by atoms with E-state index in [-0.39, 0.29) is 17.0 Å². The van der Waals surface area contributed by atoms with E-state index in [0.29, 0.717) is 0 Å². The summed E-state index contributed by atoms with van der Waals surface area (Å²) in [6, 6.07) is 5.97. The zero-order valence-electron chi connectivity index (χ0n) is 10.5. The number of aromatic carboxylic acids is 1. The van der Waals surface area contributed by atoms with E-state index in [0.717, 1.165) is 22.8 Å². The van der Waals surface area contributed by atoms with Gasteiger partial charge in [-0.15, -0.1) is 0 Å². The van der Waals surface area contributed by atoms with Crippen molar-refractivity contribution < 1.29 is 19.1 Å². The van der Waals surface area contributed by atoms with Gasteiger partial charge in [-0.05, 0) is 37.3 Å². The highest BCUT2D eigenvalue weighted by Gasteiger charge is 2.15. The van der Waals surface area contributed by atoms with Crippen molar-refractivity contribution in [3.8, 4) is 5.69 Å². The molecule has 0 amide bonds. The lowest BCUT2D eigenvalue weighted by molar-refractivity contribution is 0.0694. The van der Waals surface area contributed by atoms with Crippen LogP contribution in [0.1, 0.15) is 27.6 Å². The Morgan fingerprint density at radius 1 is 1.20 bits per heavy atom. The lowest BCUT2D eigenvalue weighted by Crippen LogP contribution is -2.26. The van der Waals surface area contributed by atoms with E-state index < -0.39 is 22.9 Å². The number of halogens is 1. The van der Waals surface area contributed by atoms with Crippen LogP contribution in [0.5, 0.6) is 0 Å². The van der Waals surface area contributed by atoms with Crippen LogP contribution in [0.3, 0.4) is 0 Å². The van der Waals surface area contributed by atoms with Crippen LogP contribution < -0.4 is 5.56 Å². The van der Waals surface area contributed by atoms with Crippen molar-refractivity contribution in [2.24, 2.45) is 0 Å². The van der Waals surface area contributed by atoms with Gasteiger partial charge >= 0.3 is 5.97 Å². The van der Waals surface area contributed by atoms with Gasteiger partial charge < -0.3 is 5.11 Å². The first kappa shape index (κ1) is 13.7. The van der Waals surface area contributed by atoms with Gasteiger partial charge in [0.05, 0.1) is 0 Å². The van der Waals surface area contributed by atoms with E-state index in [2.05, 4.69) is 0 Å². The smallest absolute Gasteiger partial charge is 0.341 e. The van der Waals surface area contributed by atoms with E-state index >= 15 is 0 Å². The molecule has 2 aromatic rings. The molecule has 0 aliphatic carbocycles. The molecule has 0 saturated carbocycles. The normalized spacial score (nSPS) is 10.3. The third-order valence-electron chi connectivity index (χ3n) is 2.76. The first-order valence-electron chi connectivity index (χ1n) is 5.67. The molecular formula is C14H10FNO4. The first-order valence-corrected chi connectivity index (χ1v) is 5.67. The molecule has 1 heterocycles. The van der Waals surface area contributed by atoms with Crippen LogP contribution in [0, 0.1) is 5.82 Å². The standard InChI is InChI=1S/C14H10FNO4/c1-8(17)9-6-12(14(19)20)13(18)16(7-9)11-4-2-10(15)3-5-11/h2-7H,1H3,(H,19,20). The maximum atomic E-state index is 12.9. The van der Waals surface area contributed by atoms with Crippen LogP contribution in [-0.4, -0.2) is 21.4 Å². The number of carboxylic acids is 1. The summed E-state index contributed by atoms with van der Waals surface area (Å²) in [5.74, 6) is -2.28. The second kappa shape index (κ2) is 5.08. The van der Waals surface area contributed by atoms with E-state index in [4.69, 9.17) is 5.11 Å². The van der Waals surface area contributed by atoms with Crippen molar-refractivity contribution in [3.05, 3.63) is 63.8 Å². The van der Waals surface area contributed by atoms with Crippen LogP contribution >= 0.6 is 0 Å². The minimum absolute atomic E-state index is 0.0892. The molecule has 0 spiro atoms. The molecule has 1 N–H and O–H groups in total. The summed E-state index contributed by atoms with van der Waals surface area (Å²) >= 11 is 0. The van der Waals surface area contributed by atoms with Crippen LogP contribution in [0.4, 0.5) is 4.39 Å². The zero-order valence-corrected chi connectivity index (χ0v) is 10.5. The molecule has 20 heavy (non-hydrogen) atoms. The Hall–Kier alpha value is -2.76. The summed E-state index contributed by atoms with van der Waals surface area (Å²) in [5, 5.41) is 9.00. The Morgan fingerprint density at radius 2 is 1.80 bits per heavy atom. The zero-order chi connectivity index (χ0) is 14.9. The van der Waals surface area contributed by atoms with Gasteiger partial charge in [-0.2, -0.15) is 0 Å². The van der Waals surface area contributed by atoms with Crippen LogP contribution in [0.15, 0.2) is 41.3 Å². The molecule has 0 aliphatic rings. The van der Waals surface area contributed by atoms with Crippen molar-refractivity contribution in [1.82, 2.24) is 4.57 Å². The summed E-state index contributed by atoms with van der Waals surface area (Å²) in [4.78, 5) is 34.5. The number of carboxylic acid groups (broad SMARTS) is 1. The van der Waals surface area contributed by atoms with Gasteiger partial charge in [0.15, 0.2) is 5.78 Å². The SMILES string of the molecule is CC(=O)c1cc(C(=O)O)c(=O)n(-c2ccc(F)cc2)c1. The molecular weight excluding hydrogens is 265 g/mol. The third-order valence-corrected chi connectivity index (χ3v) is 2.76. The number of pyridine rings is 1. The van der Waals surface area contributed by atoms with Gasteiger partial charge in [0, 0.05) is 17.4 Å². The molecule has 2 rings (SSSR count). The average Bonchev–Trinajstić information content (AvgIpc) is 2.39. The molecule has 1 aromatic carbocycles. The number of ketones is 1. The Balaban J connectivity index is 2.74. The molecule has 1 aromatic heterocycles. The summed E-state index contributed by atoms with van der Waals surface area (Å²) in [5.41, 5.74) is -0.926. The number of carbonyl (C=O) groups excluding carboxylic acids is 1. The number of Topliss-reactive ketones (excluding diaryl/α,β-unsaturated/α-hetero) is 1.